The van der Waals surface area contributed by atoms with E-state index in [1.165, 1.54) is 17.0 Å². The molecule has 0 radical (unpaired) electrons. The molecule has 26 heavy (non-hydrogen) atoms. The second-order valence-electron chi connectivity index (χ2n) is 6.30. The van der Waals surface area contributed by atoms with Crippen LogP contribution in [0.2, 0.25) is 0 Å². The summed E-state index contributed by atoms with van der Waals surface area (Å²) in [7, 11) is 1.60. The molecule has 132 valence electrons. The van der Waals surface area contributed by atoms with Crippen molar-refractivity contribution in [1.82, 2.24) is 4.90 Å². The van der Waals surface area contributed by atoms with Crippen LogP contribution >= 0.6 is 0 Å². The van der Waals surface area contributed by atoms with E-state index >= 15 is 0 Å². The lowest BCUT2D eigenvalue weighted by Gasteiger charge is -2.26. The Bertz CT molecular complexity index is 899. The van der Waals surface area contributed by atoms with Crippen molar-refractivity contribution < 1.29 is 9.90 Å². The van der Waals surface area contributed by atoms with E-state index < -0.39 is 5.54 Å². The van der Waals surface area contributed by atoms with Crippen LogP contribution < -0.4 is 5.73 Å². The van der Waals surface area contributed by atoms with Crippen molar-refractivity contribution in [2.75, 3.05) is 7.05 Å². The van der Waals surface area contributed by atoms with Gasteiger partial charge in [0.05, 0.1) is 6.07 Å². The quantitative estimate of drug-likeness (QED) is 0.809. The Morgan fingerprint density at radius 1 is 1.23 bits per heavy atom. The number of likely N-dealkylation sites (N-methyl/N-ethyl adjacent to an activating group) is 1. The number of rotatable bonds is 5. The molecule has 1 unspecified atom stereocenters. The second-order valence-corrected chi connectivity index (χ2v) is 6.30. The SMILES string of the molecule is CN1C(=O)C(c2ccc(O)cc2)(c2cccc(CCCC#N)c2)N=C1N. The topological polar surface area (TPSA) is 103 Å². The van der Waals surface area contributed by atoms with E-state index in [4.69, 9.17) is 11.0 Å². The van der Waals surface area contributed by atoms with Crippen molar-refractivity contribution in [2.45, 2.75) is 24.8 Å². The summed E-state index contributed by atoms with van der Waals surface area (Å²) in [5.74, 6) is 0.0257. The monoisotopic (exact) mass is 348 g/mol. The zero-order chi connectivity index (χ0) is 18.7. The van der Waals surface area contributed by atoms with E-state index in [2.05, 4.69) is 11.1 Å². The van der Waals surface area contributed by atoms with Crippen LogP contribution in [0.4, 0.5) is 0 Å². The number of nitrogens with zero attached hydrogens (tertiary/aromatic N) is 3. The Labute approximate surface area is 152 Å². The Kier molecular flexibility index (Phi) is 4.63. The maximum Gasteiger partial charge on any atom is 0.266 e. The molecule has 1 amide bonds. The van der Waals surface area contributed by atoms with Crippen molar-refractivity contribution in [2.24, 2.45) is 10.7 Å². The fourth-order valence-corrected chi connectivity index (χ4v) is 3.21. The lowest BCUT2D eigenvalue weighted by molar-refractivity contribution is -0.129. The number of amides is 1. The molecule has 2 aromatic rings. The summed E-state index contributed by atoms with van der Waals surface area (Å²) < 4.78 is 0. The van der Waals surface area contributed by atoms with E-state index in [0.717, 1.165) is 24.0 Å². The van der Waals surface area contributed by atoms with Gasteiger partial charge in [-0.2, -0.15) is 5.26 Å². The number of hydrogen-bond acceptors (Lipinski definition) is 5. The molecule has 6 nitrogen and oxygen atoms in total. The molecule has 0 fully saturated rings. The third kappa shape index (κ3) is 2.88. The van der Waals surface area contributed by atoms with Crippen LogP contribution in [0.1, 0.15) is 29.5 Å². The summed E-state index contributed by atoms with van der Waals surface area (Å²) in [6, 6.07) is 16.2. The number of unbranched alkanes of at least 4 members (excludes halogenated alkanes) is 1. The molecule has 0 saturated heterocycles. The van der Waals surface area contributed by atoms with Gasteiger partial charge in [-0.15, -0.1) is 0 Å². The van der Waals surface area contributed by atoms with Gasteiger partial charge in [0.1, 0.15) is 5.75 Å². The summed E-state index contributed by atoms with van der Waals surface area (Å²) in [6.45, 7) is 0. The molecule has 0 aromatic heterocycles. The number of carbonyl (C=O) groups is 1. The molecule has 1 atom stereocenters. The molecule has 1 heterocycles. The zero-order valence-electron chi connectivity index (χ0n) is 14.5. The van der Waals surface area contributed by atoms with Crippen LogP contribution in [0.5, 0.6) is 5.75 Å². The third-order valence-corrected chi connectivity index (χ3v) is 4.62. The van der Waals surface area contributed by atoms with Gasteiger partial charge in [0.25, 0.3) is 5.91 Å². The Morgan fingerprint density at radius 2 is 1.96 bits per heavy atom. The molecular formula is C20H20N4O2. The third-order valence-electron chi connectivity index (χ3n) is 4.62. The van der Waals surface area contributed by atoms with Crippen LogP contribution in [0.15, 0.2) is 53.5 Å². The van der Waals surface area contributed by atoms with Gasteiger partial charge >= 0.3 is 0 Å². The first kappa shape index (κ1) is 17.5. The average Bonchev–Trinajstić information content (AvgIpc) is 2.88. The minimum absolute atomic E-state index is 0.116. The van der Waals surface area contributed by atoms with Crippen LogP contribution in [-0.2, 0) is 16.8 Å². The molecule has 0 spiro atoms. The number of nitrogens with two attached hydrogens (primary N) is 1. The first-order valence-electron chi connectivity index (χ1n) is 8.38. The number of aromatic hydroxyl groups is 1. The van der Waals surface area contributed by atoms with Gasteiger partial charge in [-0.05, 0) is 41.7 Å². The molecule has 3 N–H and O–H groups in total. The number of aliphatic imine (C=N–C) groups is 1. The van der Waals surface area contributed by atoms with Gasteiger partial charge in [-0.1, -0.05) is 36.4 Å². The molecule has 2 aromatic carbocycles. The number of benzene rings is 2. The van der Waals surface area contributed by atoms with Crippen molar-refractivity contribution in [3.05, 3.63) is 65.2 Å². The van der Waals surface area contributed by atoms with Crippen LogP contribution in [0, 0.1) is 11.3 Å². The average molecular weight is 348 g/mol. The lowest BCUT2D eigenvalue weighted by atomic mass is 9.82. The summed E-state index contributed by atoms with van der Waals surface area (Å²) in [6.07, 6.45) is 1.99. The smallest absolute Gasteiger partial charge is 0.266 e. The summed E-state index contributed by atoms with van der Waals surface area (Å²) in [5, 5.41) is 18.3. The fourth-order valence-electron chi connectivity index (χ4n) is 3.21. The maximum atomic E-state index is 13.1. The second kappa shape index (κ2) is 6.89. The molecule has 1 aliphatic heterocycles. The van der Waals surface area contributed by atoms with Gasteiger partial charge in [-0.3, -0.25) is 9.69 Å². The zero-order valence-corrected chi connectivity index (χ0v) is 14.5. The predicted octanol–water partition coefficient (Wildman–Crippen LogP) is 2.27. The molecule has 0 aliphatic carbocycles. The van der Waals surface area contributed by atoms with Gasteiger partial charge in [0.2, 0.25) is 0 Å². The number of phenols is 1. The van der Waals surface area contributed by atoms with Crippen LogP contribution in [0.3, 0.4) is 0 Å². The van der Waals surface area contributed by atoms with E-state index in [0.29, 0.717) is 12.0 Å². The first-order chi connectivity index (χ1) is 12.5. The highest BCUT2D eigenvalue weighted by Gasteiger charge is 2.49. The number of nitriles is 1. The molecule has 6 heteroatoms. The summed E-state index contributed by atoms with van der Waals surface area (Å²) >= 11 is 0. The Morgan fingerprint density at radius 3 is 2.58 bits per heavy atom. The number of phenolic OH excluding ortho intramolecular Hbond substituents is 1. The highest BCUT2D eigenvalue weighted by atomic mass is 16.3. The predicted molar refractivity (Wildman–Crippen MR) is 98.3 cm³/mol. The van der Waals surface area contributed by atoms with Crippen molar-refractivity contribution in [1.29, 1.82) is 5.26 Å². The Hall–Kier alpha value is -3.33. The van der Waals surface area contributed by atoms with Gasteiger partial charge in [0.15, 0.2) is 11.5 Å². The lowest BCUT2D eigenvalue weighted by Crippen LogP contribution is -2.41. The maximum absolute atomic E-state index is 13.1. The van der Waals surface area contributed by atoms with Crippen LogP contribution in [0.25, 0.3) is 0 Å². The molecule has 3 rings (SSSR count). The minimum atomic E-state index is -1.27. The summed E-state index contributed by atoms with van der Waals surface area (Å²) in [5.41, 5.74) is 7.08. The standard InChI is InChI=1S/C20H20N4O2/c1-24-18(26)20(23-19(24)22,15-8-10-17(25)11-9-15)16-7-4-6-14(13-16)5-2-3-12-21/h4,6-11,13,25H,2-3,5H2,1H3,(H2,22,23). The van der Waals surface area contributed by atoms with E-state index in [9.17, 15) is 9.90 Å². The minimum Gasteiger partial charge on any atom is -0.508 e. The number of aryl methyl sites for hydroxylation is 1. The molecule has 0 bridgehead atoms. The highest BCUT2D eigenvalue weighted by Crippen LogP contribution is 2.40. The van der Waals surface area contributed by atoms with Crippen molar-refractivity contribution in [3.63, 3.8) is 0 Å². The molecule has 1 aliphatic rings. The molecule has 0 saturated carbocycles. The van der Waals surface area contributed by atoms with Crippen molar-refractivity contribution >= 4 is 11.9 Å². The number of guanidine groups is 1. The fraction of sp³-hybridized carbons (Fsp3) is 0.250. The number of hydrogen-bond donors (Lipinski definition) is 2. The Balaban J connectivity index is 2.11. The van der Waals surface area contributed by atoms with E-state index in [-0.39, 0.29) is 17.6 Å². The summed E-state index contributed by atoms with van der Waals surface area (Å²) in [4.78, 5) is 19.0. The van der Waals surface area contributed by atoms with Gasteiger partial charge in [0, 0.05) is 13.5 Å². The first-order valence-corrected chi connectivity index (χ1v) is 8.38. The number of carbonyl (C=O) groups excluding carboxylic acids is 1. The largest absolute Gasteiger partial charge is 0.508 e. The van der Waals surface area contributed by atoms with Gasteiger partial charge in [-0.25, -0.2) is 4.99 Å². The highest BCUT2D eigenvalue weighted by molar-refractivity contribution is 6.08. The van der Waals surface area contributed by atoms with Crippen molar-refractivity contribution in [3.8, 4) is 11.8 Å². The van der Waals surface area contributed by atoms with Crippen LogP contribution in [-0.4, -0.2) is 28.9 Å². The van der Waals surface area contributed by atoms with E-state index in [1.54, 1.807) is 19.2 Å². The van der Waals surface area contributed by atoms with E-state index in [1.807, 2.05) is 24.3 Å². The molecular weight excluding hydrogens is 328 g/mol. The normalized spacial score (nSPS) is 19.3. The van der Waals surface area contributed by atoms with Gasteiger partial charge < -0.3 is 10.8 Å².